The van der Waals surface area contributed by atoms with Crippen molar-refractivity contribution in [3.63, 3.8) is 0 Å². The predicted octanol–water partition coefficient (Wildman–Crippen LogP) is 0.335. The van der Waals surface area contributed by atoms with Crippen LogP contribution in [0.3, 0.4) is 0 Å². The average molecular weight is 243 g/mol. The lowest BCUT2D eigenvalue weighted by molar-refractivity contribution is -0.216. The molecule has 1 atom stereocenters. The molecule has 0 unspecified atom stereocenters. The van der Waals surface area contributed by atoms with Crippen LogP contribution in [0, 0.1) is 5.41 Å². The van der Waals surface area contributed by atoms with E-state index in [4.69, 9.17) is 10.7 Å². The Morgan fingerprint density at radius 3 is 2.53 bits per heavy atom. The maximum atomic E-state index is 11.8. The Morgan fingerprint density at radius 1 is 1.35 bits per heavy atom. The van der Waals surface area contributed by atoms with Gasteiger partial charge in [0.15, 0.2) is 0 Å². The minimum Gasteiger partial charge on any atom is -0.367 e. The lowest BCUT2D eigenvalue weighted by Crippen LogP contribution is -2.52. The Morgan fingerprint density at radius 2 is 2.00 bits per heavy atom. The average Bonchev–Trinajstić information content (AvgIpc) is 2.27. The molecule has 6 nitrogen and oxygen atoms in total. The number of nitrogens with one attached hydrogen (secondary N) is 1. The highest BCUT2D eigenvalue weighted by atomic mass is 16.7. The van der Waals surface area contributed by atoms with Gasteiger partial charge in [0.1, 0.15) is 6.04 Å². The highest BCUT2D eigenvalue weighted by molar-refractivity contribution is 5.81. The standard InChI is InChI=1S/C11H21N3O3/c1-11(2,3)10(16)17-14-7-5-4-6-8(14)9(15)13-12/h8H,4-7,12H2,1-3H3,(H,13,15)/t8-/m0/s1. The second-order valence-corrected chi connectivity index (χ2v) is 5.29. The fourth-order valence-electron chi connectivity index (χ4n) is 1.62. The van der Waals surface area contributed by atoms with Crippen molar-refractivity contribution in [2.75, 3.05) is 6.54 Å². The first kappa shape index (κ1) is 13.9. The quantitative estimate of drug-likeness (QED) is 0.415. The van der Waals surface area contributed by atoms with Gasteiger partial charge in [-0.3, -0.25) is 10.2 Å². The summed E-state index contributed by atoms with van der Waals surface area (Å²) in [5.74, 6) is 4.46. The molecule has 3 N–H and O–H groups in total. The summed E-state index contributed by atoms with van der Waals surface area (Å²) >= 11 is 0. The molecule has 1 aliphatic heterocycles. The van der Waals surface area contributed by atoms with Crippen molar-refractivity contribution in [2.24, 2.45) is 11.3 Å². The van der Waals surface area contributed by atoms with Crippen molar-refractivity contribution in [1.29, 1.82) is 0 Å². The van der Waals surface area contributed by atoms with E-state index in [1.165, 1.54) is 5.06 Å². The number of piperidine rings is 1. The van der Waals surface area contributed by atoms with E-state index in [1.54, 1.807) is 20.8 Å². The van der Waals surface area contributed by atoms with Gasteiger partial charge in [-0.2, -0.15) is 0 Å². The number of carbonyl (C=O) groups is 2. The number of hydrogen-bond acceptors (Lipinski definition) is 5. The normalized spacial score (nSPS) is 22.0. The number of nitrogens with two attached hydrogens (primary N) is 1. The molecule has 17 heavy (non-hydrogen) atoms. The third-order valence-corrected chi connectivity index (χ3v) is 2.71. The molecule has 0 aromatic heterocycles. The van der Waals surface area contributed by atoms with Crippen LogP contribution in [-0.4, -0.2) is 29.5 Å². The van der Waals surface area contributed by atoms with Gasteiger partial charge in [0.2, 0.25) is 0 Å². The van der Waals surface area contributed by atoms with E-state index in [2.05, 4.69) is 5.43 Å². The summed E-state index contributed by atoms with van der Waals surface area (Å²) in [5, 5.41) is 1.44. The largest absolute Gasteiger partial charge is 0.367 e. The van der Waals surface area contributed by atoms with Gasteiger partial charge in [-0.15, -0.1) is 5.06 Å². The molecule has 1 rings (SSSR count). The molecular weight excluding hydrogens is 222 g/mol. The SMILES string of the molecule is CC(C)(C)C(=O)ON1CCCC[C@H]1C(=O)NN. The Balaban J connectivity index is 2.66. The van der Waals surface area contributed by atoms with Crippen LogP contribution < -0.4 is 11.3 Å². The fraction of sp³-hybridized carbons (Fsp3) is 0.818. The van der Waals surface area contributed by atoms with Crippen LogP contribution in [0.5, 0.6) is 0 Å². The molecule has 1 amide bonds. The molecule has 0 aromatic rings. The zero-order valence-electron chi connectivity index (χ0n) is 10.7. The zero-order chi connectivity index (χ0) is 13.1. The number of nitrogens with zero attached hydrogens (tertiary/aromatic N) is 1. The lowest BCUT2D eigenvalue weighted by Gasteiger charge is -2.33. The van der Waals surface area contributed by atoms with Crippen molar-refractivity contribution >= 4 is 11.9 Å². The summed E-state index contributed by atoms with van der Waals surface area (Å²) in [6.45, 7) is 5.89. The van der Waals surface area contributed by atoms with Crippen LogP contribution >= 0.6 is 0 Å². The van der Waals surface area contributed by atoms with Crippen molar-refractivity contribution in [2.45, 2.75) is 46.1 Å². The summed E-state index contributed by atoms with van der Waals surface area (Å²) in [4.78, 5) is 28.6. The molecule has 1 saturated heterocycles. The molecule has 6 heteroatoms. The van der Waals surface area contributed by atoms with Crippen LogP contribution in [0.15, 0.2) is 0 Å². The third kappa shape index (κ3) is 3.67. The summed E-state index contributed by atoms with van der Waals surface area (Å²) < 4.78 is 0. The third-order valence-electron chi connectivity index (χ3n) is 2.71. The summed E-state index contributed by atoms with van der Waals surface area (Å²) in [7, 11) is 0. The van der Waals surface area contributed by atoms with Crippen molar-refractivity contribution in [3.8, 4) is 0 Å². The Labute approximate surface area is 101 Å². The van der Waals surface area contributed by atoms with Crippen LogP contribution in [0.1, 0.15) is 40.0 Å². The van der Waals surface area contributed by atoms with Crippen molar-refractivity contribution in [3.05, 3.63) is 0 Å². The van der Waals surface area contributed by atoms with Crippen LogP contribution in [-0.2, 0) is 14.4 Å². The molecular formula is C11H21N3O3. The number of hydrazine groups is 1. The second kappa shape index (κ2) is 5.46. The second-order valence-electron chi connectivity index (χ2n) is 5.29. The molecule has 0 saturated carbocycles. The van der Waals surface area contributed by atoms with E-state index in [9.17, 15) is 9.59 Å². The van der Waals surface area contributed by atoms with E-state index in [1.807, 2.05) is 0 Å². The molecule has 1 heterocycles. The minimum atomic E-state index is -0.582. The number of carbonyl (C=O) groups excluding carboxylic acids is 2. The molecule has 0 aromatic carbocycles. The number of rotatable bonds is 2. The number of hydrogen-bond donors (Lipinski definition) is 2. The highest BCUT2D eigenvalue weighted by Gasteiger charge is 2.34. The summed E-state index contributed by atoms with van der Waals surface area (Å²) in [5.41, 5.74) is 1.52. The van der Waals surface area contributed by atoms with Crippen LogP contribution in [0.25, 0.3) is 0 Å². The zero-order valence-corrected chi connectivity index (χ0v) is 10.7. The number of amides is 1. The molecule has 98 valence electrons. The smallest absolute Gasteiger partial charge is 0.330 e. The topological polar surface area (TPSA) is 84.7 Å². The van der Waals surface area contributed by atoms with Gasteiger partial charge in [0.25, 0.3) is 5.91 Å². The summed E-state index contributed by atoms with van der Waals surface area (Å²) in [6, 6.07) is -0.472. The molecule has 0 radical (unpaired) electrons. The monoisotopic (exact) mass is 243 g/mol. The Kier molecular flexibility index (Phi) is 4.47. The van der Waals surface area contributed by atoms with Gasteiger partial charge in [-0.1, -0.05) is 0 Å². The lowest BCUT2D eigenvalue weighted by atomic mass is 9.97. The Hall–Kier alpha value is -1.14. The maximum Gasteiger partial charge on any atom is 0.330 e. The first-order chi connectivity index (χ1) is 7.86. The number of hydroxylamine groups is 2. The first-order valence-electron chi connectivity index (χ1n) is 5.85. The van der Waals surface area contributed by atoms with E-state index in [0.29, 0.717) is 13.0 Å². The van der Waals surface area contributed by atoms with Gasteiger partial charge in [0.05, 0.1) is 5.41 Å². The van der Waals surface area contributed by atoms with Crippen LogP contribution in [0.2, 0.25) is 0 Å². The molecule has 0 spiro atoms. The van der Waals surface area contributed by atoms with E-state index < -0.39 is 11.5 Å². The molecule has 0 aliphatic carbocycles. The minimum absolute atomic E-state index is 0.314. The fourth-order valence-corrected chi connectivity index (χ4v) is 1.62. The van der Waals surface area contributed by atoms with Gasteiger partial charge < -0.3 is 4.84 Å². The van der Waals surface area contributed by atoms with E-state index in [-0.39, 0.29) is 11.9 Å². The van der Waals surface area contributed by atoms with Crippen LogP contribution in [0.4, 0.5) is 0 Å². The predicted molar refractivity (Wildman–Crippen MR) is 62.2 cm³/mol. The van der Waals surface area contributed by atoms with Gasteiger partial charge >= 0.3 is 5.97 Å². The van der Waals surface area contributed by atoms with Gasteiger partial charge in [-0.25, -0.2) is 10.6 Å². The molecule has 0 bridgehead atoms. The summed E-state index contributed by atoms with van der Waals surface area (Å²) in [6.07, 6.45) is 2.49. The first-order valence-corrected chi connectivity index (χ1v) is 5.85. The van der Waals surface area contributed by atoms with Crippen molar-refractivity contribution in [1.82, 2.24) is 10.5 Å². The van der Waals surface area contributed by atoms with E-state index >= 15 is 0 Å². The van der Waals surface area contributed by atoms with Crippen molar-refractivity contribution < 1.29 is 14.4 Å². The van der Waals surface area contributed by atoms with Gasteiger partial charge in [0, 0.05) is 6.54 Å². The molecule has 1 aliphatic rings. The van der Waals surface area contributed by atoms with E-state index in [0.717, 1.165) is 12.8 Å². The highest BCUT2D eigenvalue weighted by Crippen LogP contribution is 2.21. The Bertz CT molecular complexity index is 299. The maximum absolute atomic E-state index is 11.8. The molecule has 1 fully saturated rings. The van der Waals surface area contributed by atoms with Gasteiger partial charge in [-0.05, 0) is 40.0 Å².